The molecule has 7 heteroatoms. The van der Waals surface area contributed by atoms with Crippen molar-refractivity contribution >= 4 is 11.5 Å². The molecule has 1 aromatic rings. The number of aliphatic hydroxyl groups is 2. The number of aromatic nitrogens is 1. The molecular weight excluding hydrogens is 214 g/mol. The molecule has 88 valence electrons. The van der Waals surface area contributed by atoms with Crippen LogP contribution in [0.2, 0.25) is 0 Å². The van der Waals surface area contributed by atoms with Gasteiger partial charge in [0.05, 0.1) is 24.2 Å². The Labute approximate surface area is 91.9 Å². The SMILES string of the molecule is Cc1ccc([N+](=O)[O-])c(NC(CO)CO)n1. The van der Waals surface area contributed by atoms with E-state index < -0.39 is 11.0 Å². The van der Waals surface area contributed by atoms with Gasteiger partial charge in [-0.3, -0.25) is 10.1 Å². The Balaban J connectivity index is 3.00. The third-order valence-corrected chi connectivity index (χ3v) is 1.99. The summed E-state index contributed by atoms with van der Waals surface area (Å²) in [5.41, 5.74) is 0.431. The van der Waals surface area contributed by atoms with Gasteiger partial charge < -0.3 is 15.5 Å². The Morgan fingerprint density at radius 3 is 2.62 bits per heavy atom. The standard InChI is InChI=1S/C9H13N3O4/c1-6-2-3-8(12(15)16)9(10-6)11-7(4-13)5-14/h2-3,7,13-14H,4-5H2,1H3,(H,10,11). The molecular formula is C9H13N3O4. The zero-order valence-electron chi connectivity index (χ0n) is 8.75. The molecule has 0 unspecified atom stereocenters. The maximum absolute atomic E-state index is 10.7. The van der Waals surface area contributed by atoms with Crippen LogP contribution in [0.15, 0.2) is 12.1 Å². The van der Waals surface area contributed by atoms with Gasteiger partial charge in [0.2, 0.25) is 5.82 Å². The van der Waals surface area contributed by atoms with Gasteiger partial charge in [0.15, 0.2) is 0 Å². The van der Waals surface area contributed by atoms with E-state index in [1.54, 1.807) is 6.92 Å². The minimum atomic E-state index is -0.659. The van der Waals surface area contributed by atoms with Crippen LogP contribution in [-0.2, 0) is 0 Å². The van der Waals surface area contributed by atoms with Crippen molar-refractivity contribution in [3.63, 3.8) is 0 Å². The van der Waals surface area contributed by atoms with Gasteiger partial charge >= 0.3 is 5.69 Å². The number of hydrogen-bond donors (Lipinski definition) is 3. The lowest BCUT2D eigenvalue weighted by atomic mass is 10.3. The Morgan fingerprint density at radius 2 is 2.12 bits per heavy atom. The highest BCUT2D eigenvalue weighted by atomic mass is 16.6. The summed E-state index contributed by atoms with van der Waals surface area (Å²) in [6.07, 6.45) is 0. The third kappa shape index (κ3) is 2.88. The minimum Gasteiger partial charge on any atom is -0.394 e. The van der Waals surface area contributed by atoms with Gasteiger partial charge in [-0.15, -0.1) is 0 Å². The van der Waals surface area contributed by atoms with Crippen LogP contribution in [0.25, 0.3) is 0 Å². The molecule has 0 bridgehead atoms. The largest absolute Gasteiger partial charge is 0.394 e. The second-order valence-electron chi connectivity index (χ2n) is 3.28. The lowest BCUT2D eigenvalue weighted by molar-refractivity contribution is -0.384. The van der Waals surface area contributed by atoms with Crippen LogP contribution in [-0.4, -0.2) is 39.4 Å². The van der Waals surface area contributed by atoms with E-state index in [-0.39, 0.29) is 24.7 Å². The van der Waals surface area contributed by atoms with E-state index in [4.69, 9.17) is 10.2 Å². The number of aliphatic hydroxyl groups excluding tert-OH is 2. The van der Waals surface area contributed by atoms with E-state index in [1.807, 2.05) is 0 Å². The van der Waals surface area contributed by atoms with E-state index in [2.05, 4.69) is 10.3 Å². The fraction of sp³-hybridized carbons (Fsp3) is 0.444. The second-order valence-corrected chi connectivity index (χ2v) is 3.28. The number of nitro groups is 1. The summed E-state index contributed by atoms with van der Waals surface area (Å²) < 4.78 is 0. The van der Waals surface area contributed by atoms with Crippen molar-refractivity contribution in [2.24, 2.45) is 0 Å². The maximum atomic E-state index is 10.7. The molecule has 0 saturated carbocycles. The monoisotopic (exact) mass is 227 g/mol. The Kier molecular flexibility index (Phi) is 4.15. The molecule has 3 N–H and O–H groups in total. The van der Waals surface area contributed by atoms with Crippen LogP contribution < -0.4 is 5.32 Å². The summed E-state index contributed by atoms with van der Waals surface area (Å²) in [6.45, 7) is 1.04. The van der Waals surface area contributed by atoms with Gasteiger partial charge in [-0.1, -0.05) is 0 Å². The van der Waals surface area contributed by atoms with Gasteiger partial charge in [0.1, 0.15) is 0 Å². The molecule has 16 heavy (non-hydrogen) atoms. The molecule has 7 nitrogen and oxygen atoms in total. The number of aryl methyl sites for hydroxylation is 1. The predicted octanol–water partition coefficient (Wildman–Crippen LogP) is 0.0633. The van der Waals surface area contributed by atoms with Crippen molar-refractivity contribution in [2.45, 2.75) is 13.0 Å². The maximum Gasteiger partial charge on any atom is 0.311 e. The summed E-state index contributed by atoms with van der Waals surface area (Å²) >= 11 is 0. The molecule has 1 rings (SSSR count). The Hall–Kier alpha value is -1.73. The van der Waals surface area contributed by atoms with Crippen molar-refractivity contribution in [3.8, 4) is 0 Å². The normalized spacial score (nSPS) is 10.5. The van der Waals surface area contributed by atoms with Crippen LogP contribution in [0.4, 0.5) is 11.5 Å². The van der Waals surface area contributed by atoms with E-state index in [1.165, 1.54) is 12.1 Å². The second kappa shape index (κ2) is 5.38. The quantitative estimate of drug-likeness (QED) is 0.485. The van der Waals surface area contributed by atoms with Gasteiger partial charge in [-0.25, -0.2) is 4.98 Å². The summed E-state index contributed by atoms with van der Waals surface area (Å²) in [5.74, 6) is 0.0538. The lowest BCUT2D eigenvalue weighted by Gasteiger charge is -2.14. The van der Waals surface area contributed by atoms with E-state index in [0.29, 0.717) is 5.69 Å². The molecule has 0 spiro atoms. The first-order valence-electron chi connectivity index (χ1n) is 4.68. The average molecular weight is 227 g/mol. The van der Waals surface area contributed by atoms with Crippen LogP contribution in [0.1, 0.15) is 5.69 Å². The number of nitrogens with one attached hydrogen (secondary N) is 1. The number of pyridine rings is 1. The first kappa shape index (κ1) is 12.3. The molecule has 0 aromatic carbocycles. The molecule has 0 fully saturated rings. The highest BCUT2D eigenvalue weighted by molar-refractivity contribution is 5.56. The van der Waals surface area contributed by atoms with Crippen molar-refractivity contribution in [2.75, 3.05) is 18.5 Å². The summed E-state index contributed by atoms with van der Waals surface area (Å²) in [4.78, 5) is 14.1. The zero-order valence-corrected chi connectivity index (χ0v) is 8.75. The molecule has 0 saturated heterocycles. The number of anilines is 1. The fourth-order valence-electron chi connectivity index (χ4n) is 1.15. The molecule has 0 atom stereocenters. The van der Waals surface area contributed by atoms with E-state index >= 15 is 0 Å². The van der Waals surface area contributed by atoms with Crippen LogP contribution >= 0.6 is 0 Å². The highest BCUT2D eigenvalue weighted by Gasteiger charge is 2.17. The predicted molar refractivity (Wildman–Crippen MR) is 57.2 cm³/mol. The molecule has 0 aliphatic rings. The minimum absolute atomic E-state index is 0.0538. The van der Waals surface area contributed by atoms with Crippen molar-refractivity contribution in [3.05, 3.63) is 27.9 Å². The summed E-state index contributed by atoms with van der Waals surface area (Å²) in [5, 5.41) is 31.0. The van der Waals surface area contributed by atoms with Gasteiger partial charge in [0.25, 0.3) is 0 Å². The number of nitrogens with zero attached hydrogens (tertiary/aromatic N) is 2. The van der Waals surface area contributed by atoms with Crippen molar-refractivity contribution < 1.29 is 15.1 Å². The van der Waals surface area contributed by atoms with Gasteiger partial charge in [-0.05, 0) is 13.0 Å². The summed E-state index contributed by atoms with van der Waals surface area (Å²) in [6, 6.07) is 2.19. The van der Waals surface area contributed by atoms with E-state index in [0.717, 1.165) is 0 Å². The number of rotatable bonds is 5. The molecule has 1 heterocycles. The smallest absolute Gasteiger partial charge is 0.311 e. The van der Waals surface area contributed by atoms with Crippen LogP contribution in [0, 0.1) is 17.0 Å². The summed E-state index contributed by atoms with van der Waals surface area (Å²) in [7, 11) is 0. The van der Waals surface area contributed by atoms with Crippen molar-refractivity contribution in [1.82, 2.24) is 4.98 Å². The molecule has 0 aliphatic carbocycles. The van der Waals surface area contributed by atoms with Crippen LogP contribution in [0.3, 0.4) is 0 Å². The van der Waals surface area contributed by atoms with Gasteiger partial charge in [-0.2, -0.15) is 0 Å². The fourth-order valence-corrected chi connectivity index (χ4v) is 1.15. The first-order chi connectivity index (χ1) is 7.58. The zero-order chi connectivity index (χ0) is 12.1. The molecule has 1 aromatic heterocycles. The molecule has 0 amide bonds. The Morgan fingerprint density at radius 1 is 1.50 bits per heavy atom. The van der Waals surface area contributed by atoms with E-state index in [9.17, 15) is 10.1 Å². The molecule has 0 radical (unpaired) electrons. The first-order valence-corrected chi connectivity index (χ1v) is 4.68. The Bertz CT molecular complexity index is 379. The van der Waals surface area contributed by atoms with Crippen molar-refractivity contribution in [1.29, 1.82) is 0 Å². The third-order valence-electron chi connectivity index (χ3n) is 1.99. The number of hydrogen-bond acceptors (Lipinski definition) is 6. The van der Waals surface area contributed by atoms with Crippen LogP contribution in [0.5, 0.6) is 0 Å². The average Bonchev–Trinajstić information content (AvgIpc) is 2.25. The molecule has 0 aliphatic heterocycles. The lowest BCUT2D eigenvalue weighted by Crippen LogP contribution is -2.28. The topological polar surface area (TPSA) is 109 Å². The van der Waals surface area contributed by atoms with Gasteiger partial charge in [0, 0.05) is 11.8 Å². The highest BCUT2D eigenvalue weighted by Crippen LogP contribution is 2.22.